The van der Waals surface area contributed by atoms with Crippen molar-refractivity contribution >= 4 is 15.7 Å². The van der Waals surface area contributed by atoms with E-state index in [1.807, 2.05) is 24.8 Å². The SMILES string of the molecule is CC(C)CC(=O)N1CCCC(c2nc(-c3cccnc3)ncc2S(C)(=O)=O)C1. The monoisotopic (exact) mass is 402 g/mol. The molecule has 3 rings (SSSR count). The Bertz CT molecular complexity index is 945. The number of rotatable bonds is 5. The van der Waals surface area contributed by atoms with E-state index < -0.39 is 9.84 Å². The summed E-state index contributed by atoms with van der Waals surface area (Å²) < 4.78 is 24.7. The molecular formula is C20H26N4O3S. The summed E-state index contributed by atoms with van der Waals surface area (Å²) in [6.07, 6.45) is 7.98. The van der Waals surface area contributed by atoms with Crippen LogP contribution in [0.2, 0.25) is 0 Å². The Hall–Kier alpha value is -2.35. The van der Waals surface area contributed by atoms with Crippen molar-refractivity contribution in [3.8, 4) is 11.4 Å². The van der Waals surface area contributed by atoms with Crippen LogP contribution in [-0.4, -0.2) is 53.5 Å². The average molecular weight is 403 g/mol. The highest BCUT2D eigenvalue weighted by atomic mass is 32.2. The molecule has 7 nitrogen and oxygen atoms in total. The van der Waals surface area contributed by atoms with Crippen LogP contribution < -0.4 is 0 Å². The van der Waals surface area contributed by atoms with Crippen LogP contribution in [0.3, 0.4) is 0 Å². The van der Waals surface area contributed by atoms with Crippen molar-refractivity contribution in [3.63, 3.8) is 0 Å². The summed E-state index contributed by atoms with van der Waals surface area (Å²) in [7, 11) is -3.48. The second kappa shape index (κ2) is 8.34. The summed E-state index contributed by atoms with van der Waals surface area (Å²) in [5.74, 6) is 0.715. The first-order valence-corrected chi connectivity index (χ1v) is 11.4. The summed E-state index contributed by atoms with van der Waals surface area (Å²) in [5, 5.41) is 0. The van der Waals surface area contributed by atoms with Gasteiger partial charge in [0.15, 0.2) is 15.7 Å². The standard InChI is InChI=1S/C20H26N4O3S/c1-14(2)10-18(25)24-9-5-7-16(13-24)19-17(28(3,26)27)12-22-20(23-19)15-6-4-8-21-11-15/h4,6,8,11-12,14,16H,5,7,9-10,13H2,1-3H3. The van der Waals surface area contributed by atoms with E-state index in [2.05, 4.69) is 15.0 Å². The van der Waals surface area contributed by atoms with Crippen LogP contribution in [0.4, 0.5) is 0 Å². The maximum Gasteiger partial charge on any atom is 0.222 e. The highest BCUT2D eigenvalue weighted by Gasteiger charge is 2.30. The van der Waals surface area contributed by atoms with Gasteiger partial charge in [-0.1, -0.05) is 13.8 Å². The number of carbonyl (C=O) groups is 1. The first-order chi connectivity index (χ1) is 13.3. The van der Waals surface area contributed by atoms with Gasteiger partial charge in [-0.3, -0.25) is 9.78 Å². The van der Waals surface area contributed by atoms with Gasteiger partial charge >= 0.3 is 0 Å². The van der Waals surface area contributed by atoms with E-state index in [0.29, 0.717) is 31.0 Å². The van der Waals surface area contributed by atoms with Crippen LogP contribution in [0.5, 0.6) is 0 Å². The maximum absolute atomic E-state index is 12.5. The first kappa shape index (κ1) is 20.4. The van der Waals surface area contributed by atoms with Crippen LogP contribution >= 0.6 is 0 Å². The number of sulfone groups is 1. The van der Waals surface area contributed by atoms with E-state index in [0.717, 1.165) is 18.4 Å². The van der Waals surface area contributed by atoms with E-state index in [1.165, 1.54) is 12.5 Å². The molecule has 1 amide bonds. The molecule has 0 saturated carbocycles. The lowest BCUT2D eigenvalue weighted by molar-refractivity contribution is -0.133. The van der Waals surface area contributed by atoms with E-state index >= 15 is 0 Å². The summed E-state index contributed by atoms with van der Waals surface area (Å²) >= 11 is 0. The molecule has 1 saturated heterocycles. The molecule has 8 heteroatoms. The van der Waals surface area contributed by atoms with Crippen LogP contribution in [0.25, 0.3) is 11.4 Å². The van der Waals surface area contributed by atoms with Gasteiger partial charge in [0, 0.05) is 55.8 Å². The van der Waals surface area contributed by atoms with Crippen molar-refractivity contribution in [2.24, 2.45) is 5.92 Å². The molecule has 2 aromatic rings. The van der Waals surface area contributed by atoms with Crippen molar-refractivity contribution < 1.29 is 13.2 Å². The quantitative estimate of drug-likeness (QED) is 0.763. The third-order valence-corrected chi connectivity index (χ3v) is 5.96. The highest BCUT2D eigenvalue weighted by molar-refractivity contribution is 7.90. The Morgan fingerprint density at radius 1 is 1.32 bits per heavy atom. The van der Waals surface area contributed by atoms with Gasteiger partial charge in [-0.05, 0) is 30.9 Å². The predicted molar refractivity (Wildman–Crippen MR) is 106 cm³/mol. The highest BCUT2D eigenvalue weighted by Crippen LogP contribution is 2.31. The third-order valence-electron chi connectivity index (χ3n) is 4.85. The lowest BCUT2D eigenvalue weighted by Gasteiger charge is -2.33. The van der Waals surface area contributed by atoms with E-state index in [1.54, 1.807) is 18.5 Å². The molecule has 0 aliphatic carbocycles. The molecule has 1 aliphatic heterocycles. The van der Waals surface area contributed by atoms with Gasteiger partial charge in [0.2, 0.25) is 5.91 Å². The topological polar surface area (TPSA) is 93.1 Å². The molecule has 2 aromatic heterocycles. The minimum Gasteiger partial charge on any atom is -0.342 e. The Kier molecular flexibility index (Phi) is 6.07. The minimum atomic E-state index is -3.48. The largest absolute Gasteiger partial charge is 0.342 e. The number of amides is 1. The molecule has 28 heavy (non-hydrogen) atoms. The number of aromatic nitrogens is 3. The molecule has 150 valence electrons. The number of likely N-dealkylation sites (tertiary alicyclic amines) is 1. The van der Waals surface area contributed by atoms with E-state index in [-0.39, 0.29) is 22.6 Å². The molecule has 0 aromatic carbocycles. The fourth-order valence-corrected chi connectivity index (χ4v) is 4.34. The van der Waals surface area contributed by atoms with Gasteiger partial charge in [-0.25, -0.2) is 18.4 Å². The van der Waals surface area contributed by atoms with Crippen LogP contribution in [-0.2, 0) is 14.6 Å². The zero-order valence-corrected chi connectivity index (χ0v) is 17.3. The van der Waals surface area contributed by atoms with Crippen molar-refractivity contribution in [1.82, 2.24) is 19.9 Å². The van der Waals surface area contributed by atoms with Crippen LogP contribution in [0, 0.1) is 5.92 Å². The van der Waals surface area contributed by atoms with E-state index in [4.69, 9.17) is 0 Å². The number of pyridine rings is 1. The molecule has 3 heterocycles. The van der Waals surface area contributed by atoms with Crippen molar-refractivity contribution in [2.75, 3.05) is 19.3 Å². The number of piperidine rings is 1. The Balaban J connectivity index is 1.97. The summed E-state index contributed by atoms with van der Waals surface area (Å²) in [5.41, 5.74) is 1.23. The van der Waals surface area contributed by atoms with Gasteiger partial charge < -0.3 is 4.90 Å². The molecule has 0 spiro atoms. The zero-order valence-electron chi connectivity index (χ0n) is 16.5. The fourth-order valence-electron chi connectivity index (χ4n) is 3.50. The fraction of sp³-hybridized carbons (Fsp3) is 0.500. The molecule has 0 radical (unpaired) electrons. The van der Waals surface area contributed by atoms with Gasteiger partial charge in [0.1, 0.15) is 4.90 Å². The lowest BCUT2D eigenvalue weighted by Crippen LogP contribution is -2.40. The molecule has 1 unspecified atom stereocenters. The van der Waals surface area contributed by atoms with Crippen molar-refractivity contribution in [2.45, 2.75) is 43.9 Å². The minimum absolute atomic E-state index is 0.113. The van der Waals surface area contributed by atoms with Gasteiger partial charge in [0.05, 0.1) is 5.69 Å². The molecular weight excluding hydrogens is 376 g/mol. The Labute approximate surface area is 166 Å². The van der Waals surface area contributed by atoms with Gasteiger partial charge in [-0.15, -0.1) is 0 Å². The van der Waals surface area contributed by atoms with Crippen LogP contribution in [0.1, 0.15) is 44.7 Å². The first-order valence-electron chi connectivity index (χ1n) is 9.51. The second-order valence-electron chi connectivity index (χ2n) is 7.73. The number of hydrogen-bond donors (Lipinski definition) is 0. The van der Waals surface area contributed by atoms with Gasteiger partial charge in [0.25, 0.3) is 0 Å². The average Bonchev–Trinajstić information content (AvgIpc) is 2.67. The van der Waals surface area contributed by atoms with Crippen molar-refractivity contribution in [1.29, 1.82) is 0 Å². The third kappa shape index (κ3) is 4.73. The lowest BCUT2D eigenvalue weighted by atomic mass is 9.93. The normalized spacial score (nSPS) is 17.7. The molecule has 1 atom stereocenters. The Morgan fingerprint density at radius 3 is 2.75 bits per heavy atom. The second-order valence-corrected chi connectivity index (χ2v) is 9.72. The summed E-state index contributed by atoms with van der Waals surface area (Å²) in [4.78, 5) is 27.5. The maximum atomic E-state index is 12.5. The summed E-state index contributed by atoms with van der Waals surface area (Å²) in [6, 6.07) is 3.63. The molecule has 0 bridgehead atoms. The Morgan fingerprint density at radius 2 is 2.11 bits per heavy atom. The molecule has 1 aliphatic rings. The molecule has 0 N–H and O–H groups in total. The molecule has 1 fully saturated rings. The number of carbonyl (C=O) groups excluding carboxylic acids is 1. The smallest absolute Gasteiger partial charge is 0.222 e. The van der Waals surface area contributed by atoms with Gasteiger partial charge in [-0.2, -0.15) is 0 Å². The van der Waals surface area contributed by atoms with Crippen LogP contribution in [0.15, 0.2) is 35.6 Å². The predicted octanol–water partition coefficient (Wildman–Crippen LogP) is 2.69. The number of nitrogens with zero attached hydrogens (tertiary/aromatic N) is 4. The number of hydrogen-bond acceptors (Lipinski definition) is 6. The van der Waals surface area contributed by atoms with E-state index in [9.17, 15) is 13.2 Å². The van der Waals surface area contributed by atoms with Crippen molar-refractivity contribution in [3.05, 3.63) is 36.4 Å². The zero-order chi connectivity index (χ0) is 20.3. The summed E-state index contributed by atoms with van der Waals surface area (Å²) in [6.45, 7) is 5.23.